The Morgan fingerprint density at radius 3 is 2.25 bits per heavy atom. The minimum atomic E-state index is -4.87. The monoisotopic (exact) mass is 286 g/mol. The summed E-state index contributed by atoms with van der Waals surface area (Å²) in [4.78, 5) is 11.0. The number of aromatic carboxylic acids is 1. The molecule has 106 valence electrons. The normalized spacial score (nSPS) is 11.6. The van der Waals surface area contributed by atoms with Crippen molar-refractivity contribution in [2.45, 2.75) is 13.1 Å². The maximum absolute atomic E-state index is 13.1. The molecule has 0 aliphatic rings. The van der Waals surface area contributed by atoms with Crippen molar-refractivity contribution < 1.29 is 28.2 Å². The molecule has 8 heteroatoms. The van der Waals surface area contributed by atoms with Crippen LogP contribution in [0.25, 0.3) is 5.69 Å². The minimum Gasteiger partial charge on any atom is -0.508 e. The van der Waals surface area contributed by atoms with Gasteiger partial charge in [-0.15, -0.1) is 0 Å². The molecule has 5 nitrogen and oxygen atoms in total. The van der Waals surface area contributed by atoms with Crippen LogP contribution in [0.1, 0.15) is 21.7 Å². The molecule has 0 amide bonds. The number of benzene rings is 1. The molecule has 0 aliphatic heterocycles. The third-order valence-corrected chi connectivity index (χ3v) is 2.64. The summed E-state index contributed by atoms with van der Waals surface area (Å²) >= 11 is 0. The van der Waals surface area contributed by atoms with Crippen LogP contribution in [0.5, 0.6) is 5.75 Å². The Labute approximate surface area is 110 Å². The molecule has 1 heterocycles. The Kier molecular flexibility index (Phi) is 3.16. The van der Waals surface area contributed by atoms with E-state index in [-0.39, 0.29) is 17.1 Å². The first-order valence-corrected chi connectivity index (χ1v) is 5.41. The fraction of sp³-hybridized carbons (Fsp3) is 0.167. The SMILES string of the molecule is Cc1nn(-c2ccc(O)cc2)c(C(F)(F)F)c1C(=O)O. The molecule has 20 heavy (non-hydrogen) atoms. The van der Waals surface area contributed by atoms with E-state index >= 15 is 0 Å². The highest BCUT2D eigenvalue weighted by Crippen LogP contribution is 2.35. The van der Waals surface area contributed by atoms with Crippen molar-refractivity contribution in [1.29, 1.82) is 0 Å². The minimum absolute atomic E-state index is 0.00530. The van der Waals surface area contributed by atoms with Crippen molar-refractivity contribution in [3.8, 4) is 11.4 Å². The average Bonchev–Trinajstić information content (AvgIpc) is 2.67. The quantitative estimate of drug-likeness (QED) is 0.889. The van der Waals surface area contributed by atoms with Crippen LogP contribution in [-0.4, -0.2) is 26.0 Å². The average molecular weight is 286 g/mol. The van der Waals surface area contributed by atoms with Crippen LogP contribution in [0.15, 0.2) is 24.3 Å². The van der Waals surface area contributed by atoms with Gasteiger partial charge in [-0.25, -0.2) is 9.48 Å². The van der Waals surface area contributed by atoms with Gasteiger partial charge in [-0.05, 0) is 31.2 Å². The van der Waals surface area contributed by atoms with Gasteiger partial charge in [0.15, 0.2) is 5.69 Å². The van der Waals surface area contributed by atoms with E-state index in [0.29, 0.717) is 4.68 Å². The van der Waals surface area contributed by atoms with Gasteiger partial charge in [-0.3, -0.25) is 0 Å². The van der Waals surface area contributed by atoms with Crippen LogP contribution in [-0.2, 0) is 6.18 Å². The summed E-state index contributed by atoms with van der Waals surface area (Å²) in [7, 11) is 0. The molecule has 2 aromatic rings. The van der Waals surface area contributed by atoms with E-state index in [1.54, 1.807) is 0 Å². The number of hydrogen-bond acceptors (Lipinski definition) is 3. The van der Waals surface area contributed by atoms with Gasteiger partial charge >= 0.3 is 12.1 Å². The lowest BCUT2D eigenvalue weighted by Gasteiger charge is -2.11. The molecule has 1 aromatic carbocycles. The van der Waals surface area contributed by atoms with E-state index < -0.39 is 23.4 Å². The summed E-state index contributed by atoms with van der Waals surface area (Å²) in [6.07, 6.45) is -4.87. The van der Waals surface area contributed by atoms with Gasteiger partial charge in [-0.2, -0.15) is 18.3 Å². The highest BCUT2D eigenvalue weighted by molar-refractivity contribution is 5.90. The highest BCUT2D eigenvalue weighted by atomic mass is 19.4. The molecule has 0 saturated heterocycles. The first-order chi connectivity index (χ1) is 9.21. The molecule has 1 aromatic heterocycles. The first kappa shape index (κ1) is 13.9. The Bertz CT molecular complexity index is 660. The number of rotatable bonds is 2. The van der Waals surface area contributed by atoms with Crippen LogP contribution >= 0.6 is 0 Å². The predicted octanol–water partition coefficient (Wildman–Crippen LogP) is 2.60. The second kappa shape index (κ2) is 4.55. The van der Waals surface area contributed by atoms with Gasteiger partial charge in [-0.1, -0.05) is 0 Å². The molecule has 0 aliphatic carbocycles. The van der Waals surface area contributed by atoms with Crippen LogP contribution in [0.4, 0.5) is 13.2 Å². The molecule has 0 atom stereocenters. The fourth-order valence-corrected chi connectivity index (χ4v) is 1.83. The van der Waals surface area contributed by atoms with E-state index in [9.17, 15) is 18.0 Å². The molecule has 2 N–H and O–H groups in total. The Morgan fingerprint density at radius 2 is 1.80 bits per heavy atom. The molecule has 0 radical (unpaired) electrons. The summed E-state index contributed by atoms with van der Waals surface area (Å²) in [5, 5.41) is 21.7. The van der Waals surface area contributed by atoms with Gasteiger partial charge in [0.2, 0.25) is 0 Å². The lowest BCUT2D eigenvalue weighted by atomic mass is 10.2. The first-order valence-electron chi connectivity index (χ1n) is 5.41. The zero-order valence-electron chi connectivity index (χ0n) is 10.1. The number of halogens is 3. The molecular weight excluding hydrogens is 277 g/mol. The highest BCUT2D eigenvalue weighted by Gasteiger charge is 2.42. The molecule has 2 rings (SSSR count). The zero-order chi connectivity index (χ0) is 15.1. The van der Waals surface area contributed by atoms with Crippen LogP contribution < -0.4 is 0 Å². The molecular formula is C12H9F3N2O3. The third-order valence-electron chi connectivity index (χ3n) is 2.64. The second-order valence-corrected chi connectivity index (χ2v) is 4.04. The summed E-state index contributed by atoms with van der Waals surface area (Å²) in [5.74, 6) is -1.82. The van der Waals surface area contributed by atoms with E-state index in [0.717, 1.165) is 0 Å². The van der Waals surface area contributed by atoms with Crippen molar-refractivity contribution in [2.24, 2.45) is 0 Å². The number of phenols is 1. The van der Waals surface area contributed by atoms with Crippen molar-refractivity contribution in [3.05, 3.63) is 41.2 Å². The van der Waals surface area contributed by atoms with E-state index in [4.69, 9.17) is 10.2 Å². The summed E-state index contributed by atoms with van der Waals surface area (Å²) in [5.41, 5.74) is -2.47. The Balaban J connectivity index is 2.74. The van der Waals surface area contributed by atoms with Crippen LogP contribution in [0, 0.1) is 6.92 Å². The third kappa shape index (κ3) is 2.31. The molecule has 0 spiro atoms. The largest absolute Gasteiger partial charge is 0.508 e. The number of aromatic nitrogens is 2. The summed E-state index contributed by atoms with van der Waals surface area (Å²) < 4.78 is 39.7. The standard InChI is InChI=1S/C12H9F3N2O3/c1-6-9(11(19)20)10(12(13,14)15)17(16-6)7-2-4-8(18)5-3-7/h2-5,18H,1H3,(H,19,20). The maximum atomic E-state index is 13.1. The number of nitrogens with zero attached hydrogens (tertiary/aromatic N) is 2. The van der Waals surface area contributed by atoms with E-state index in [2.05, 4.69) is 5.10 Å². The van der Waals surface area contributed by atoms with Gasteiger partial charge < -0.3 is 10.2 Å². The lowest BCUT2D eigenvalue weighted by molar-refractivity contribution is -0.143. The predicted molar refractivity (Wildman–Crippen MR) is 61.9 cm³/mol. The van der Waals surface area contributed by atoms with Crippen molar-refractivity contribution in [1.82, 2.24) is 9.78 Å². The van der Waals surface area contributed by atoms with Crippen LogP contribution in [0.3, 0.4) is 0 Å². The number of alkyl halides is 3. The topological polar surface area (TPSA) is 75.3 Å². The number of carboxylic acids is 1. The number of aromatic hydroxyl groups is 1. The zero-order valence-corrected chi connectivity index (χ0v) is 10.1. The Hall–Kier alpha value is -2.51. The van der Waals surface area contributed by atoms with Crippen LogP contribution in [0.2, 0.25) is 0 Å². The van der Waals surface area contributed by atoms with Gasteiger partial charge in [0.25, 0.3) is 0 Å². The van der Waals surface area contributed by atoms with Gasteiger partial charge in [0, 0.05) is 0 Å². The number of carbonyl (C=O) groups is 1. The number of aryl methyl sites for hydroxylation is 1. The lowest BCUT2D eigenvalue weighted by Crippen LogP contribution is -2.17. The molecule has 0 fully saturated rings. The van der Waals surface area contributed by atoms with Crippen molar-refractivity contribution in [3.63, 3.8) is 0 Å². The van der Waals surface area contributed by atoms with Crippen molar-refractivity contribution in [2.75, 3.05) is 0 Å². The van der Waals surface area contributed by atoms with Gasteiger partial charge in [0.1, 0.15) is 11.3 Å². The van der Waals surface area contributed by atoms with Crippen molar-refractivity contribution >= 4 is 5.97 Å². The smallest absolute Gasteiger partial charge is 0.434 e. The number of phenolic OH excluding ortho intramolecular Hbond substituents is 1. The number of hydrogen-bond donors (Lipinski definition) is 2. The summed E-state index contributed by atoms with van der Waals surface area (Å²) in [6.45, 7) is 1.19. The van der Waals surface area contributed by atoms with E-state index in [1.807, 2.05) is 0 Å². The maximum Gasteiger partial charge on any atom is 0.434 e. The number of carboxylic acid groups (broad SMARTS) is 1. The fourth-order valence-electron chi connectivity index (χ4n) is 1.83. The summed E-state index contributed by atoms with van der Waals surface area (Å²) in [6, 6.07) is 4.80. The molecule has 0 unspecified atom stereocenters. The molecule has 0 saturated carbocycles. The van der Waals surface area contributed by atoms with E-state index in [1.165, 1.54) is 31.2 Å². The Morgan fingerprint density at radius 1 is 1.25 bits per heavy atom. The molecule has 0 bridgehead atoms. The van der Waals surface area contributed by atoms with Gasteiger partial charge in [0.05, 0.1) is 11.4 Å². The second-order valence-electron chi connectivity index (χ2n) is 4.04.